The summed E-state index contributed by atoms with van der Waals surface area (Å²) in [6, 6.07) is 3.60. The first-order valence-electron chi connectivity index (χ1n) is 6.27. The molecule has 0 atom stereocenters. The maximum atomic E-state index is 12.4. The second-order valence-electron chi connectivity index (χ2n) is 4.39. The molecule has 0 saturated heterocycles. The van der Waals surface area contributed by atoms with Crippen LogP contribution >= 0.6 is 11.3 Å². The van der Waals surface area contributed by atoms with Gasteiger partial charge >= 0.3 is 0 Å². The van der Waals surface area contributed by atoms with Crippen LogP contribution in [0.5, 0.6) is 0 Å². The Morgan fingerprint density at radius 2 is 2.35 bits per heavy atom. The van der Waals surface area contributed by atoms with E-state index in [9.17, 15) is 4.79 Å². The largest absolute Gasteiger partial charge is 0.384 e. The van der Waals surface area contributed by atoms with Crippen molar-refractivity contribution < 1.29 is 9.90 Å². The Balaban J connectivity index is 1.75. The van der Waals surface area contributed by atoms with Crippen LogP contribution < -0.4 is 0 Å². The number of aromatic nitrogens is 2. The van der Waals surface area contributed by atoms with Crippen LogP contribution in [-0.2, 0) is 13.1 Å². The Bertz CT molecular complexity index is 693. The number of carbonyl (C=O) groups excluding carboxylic acids is 1. The predicted octanol–water partition coefficient (Wildman–Crippen LogP) is 0.944. The average Bonchev–Trinajstić information content (AvgIpc) is 3.12. The monoisotopic (exact) mass is 287 g/mol. The second-order valence-corrected chi connectivity index (χ2v) is 5.47. The summed E-state index contributed by atoms with van der Waals surface area (Å²) >= 11 is 1.35. The van der Waals surface area contributed by atoms with Gasteiger partial charge in [-0.25, -0.2) is 4.98 Å². The van der Waals surface area contributed by atoms with Crippen molar-refractivity contribution in [3.8, 4) is 11.8 Å². The number of nitrogens with zero attached hydrogens (tertiary/aromatic N) is 3. The highest BCUT2D eigenvalue weighted by atomic mass is 32.1. The van der Waals surface area contributed by atoms with Gasteiger partial charge < -0.3 is 14.6 Å². The second kappa shape index (κ2) is 5.49. The smallest absolute Gasteiger partial charge is 0.264 e. The van der Waals surface area contributed by atoms with Gasteiger partial charge in [-0.05, 0) is 12.1 Å². The molecule has 1 aliphatic rings. The fourth-order valence-corrected chi connectivity index (χ4v) is 3.00. The Labute approximate surface area is 120 Å². The molecule has 0 aliphatic carbocycles. The summed E-state index contributed by atoms with van der Waals surface area (Å²) in [5.74, 6) is 6.33. The van der Waals surface area contributed by atoms with Crippen molar-refractivity contribution in [1.82, 2.24) is 14.5 Å². The lowest BCUT2D eigenvalue weighted by molar-refractivity contribution is 0.0712. The van der Waals surface area contributed by atoms with Crippen molar-refractivity contribution in [1.29, 1.82) is 0 Å². The Morgan fingerprint density at radius 1 is 1.45 bits per heavy atom. The van der Waals surface area contributed by atoms with Crippen molar-refractivity contribution in [2.24, 2.45) is 0 Å². The molecule has 2 aromatic heterocycles. The van der Waals surface area contributed by atoms with Crippen LogP contribution in [0.4, 0.5) is 0 Å². The zero-order valence-corrected chi connectivity index (χ0v) is 11.6. The molecule has 102 valence electrons. The fraction of sp³-hybridized carbons (Fsp3) is 0.286. The van der Waals surface area contributed by atoms with E-state index in [4.69, 9.17) is 5.11 Å². The zero-order valence-electron chi connectivity index (χ0n) is 10.7. The highest BCUT2D eigenvalue weighted by Crippen LogP contribution is 2.20. The molecule has 0 spiro atoms. The summed E-state index contributed by atoms with van der Waals surface area (Å²) in [6.45, 7) is 1.85. The first-order valence-corrected chi connectivity index (χ1v) is 7.08. The van der Waals surface area contributed by atoms with Gasteiger partial charge in [0, 0.05) is 25.5 Å². The minimum atomic E-state index is -0.171. The van der Waals surface area contributed by atoms with Crippen LogP contribution in [0.15, 0.2) is 24.5 Å². The summed E-state index contributed by atoms with van der Waals surface area (Å²) in [7, 11) is 0. The van der Waals surface area contributed by atoms with Gasteiger partial charge in [0.2, 0.25) is 0 Å². The lowest BCUT2D eigenvalue weighted by Gasteiger charge is -2.27. The molecule has 20 heavy (non-hydrogen) atoms. The minimum absolute atomic E-state index is 0.0151. The molecular formula is C14H13N3O2S. The molecule has 1 N–H and O–H groups in total. The summed E-state index contributed by atoms with van der Waals surface area (Å²) < 4.78 is 2.07. The van der Waals surface area contributed by atoms with Crippen molar-refractivity contribution >= 4 is 17.2 Å². The summed E-state index contributed by atoms with van der Waals surface area (Å²) in [5.41, 5.74) is 0. The summed E-state index contributed by atoms with van der Waals surface area (Å²) in [6.07, 6.45) is 3.70. The molecule has 2 aromatic rings. The van der Waals surface area contributed by atoms with E-state index in [0.717, 1.165) is 17.2 Å². The number of rotatable bonds is 1. The van der Waals surface area contributed by atoms with Crippen LogP contribution in [0.25, 0.3) is 0 Å². The summed E-state index contributed by atoms with van der Waals surface area (Å²) in [4.78, 5) is 19.9. The lowest BCUT2D eigenvalue weighted by atomic mass is 10.3. The first-order chi connectivity index (χ1) is 9.78. The number of imidazole rings is 1. The van der Waals surface area contributed by atoms with E-state index < -0.39 is 0 Å². The number of amides is 1. The first kappa shape index (κ1) is 12.9. The zero-order chi connectivity index (χ0) is 13.9. The molecule has 5 nitrogen and oxygen atoms in total. The number of hydrogen-bond acceptors (Lipinski definition) is 4. The lowest BCUT2D eigenvalue weighted by Crippen LogP contribution is -2.37. The van der Waals surface area contributed by atoms with Gasteiger partial charge in [0.1, 0.15) is 12.4 Å². The number of fused-ring (bicyclic) bond motifs is 1. The predicted molar refractivity (Wildman–Crippen MR) is 75.3 cm³/mol. The summed E-state index contributed by atoms with van der Waals surface area (Å²) in [5, 5.41) is 8.67. The number of thiophene rings is 1. The van der Waals surface area contributed by atoms with Gasteiger partial charge in [-0.2, -0.15) is 0 Å². The topological polar surface area (TPSA) is 58.4 Å². The van der Waals surface area contributed by atoms with E-state index in [-0.39, 0.29) is 12.5 Å². The molecule has 0 unspecified atom stereocenters. The molecule has 1 amide bonds. The van der Waals surface area contributed by atoms with E-state index in [1.165, 1.54) is 11.3 Å². The molecule has 0 fully saturated rings. The molecule has 1 aliphatic heterocycles. The van der Waals surface area contributed by atoms with Gasteiger partial charge in [-0.3, -0.25) is 4.79 Å². The van der Waals surface area contributed by atoms with Crippen LogP contribution in [0, 0.1) is 11.8 Å². The third-order valence-corrected chi connectivity index (χ3v) is 4.13. The normalized spacial score (nSPS) is 13.6. The highest BCUT2D eigenvalue weighted by molar-refractivity contribution is 7.14. The van der Waals surface area contributed by atoms with E-state index in [1.807, 2.05) is 12.3 Å². The van der Waals surface area contributed by atoms with Crippen molar-refractivity contribution in [3.63, 3.8) is 0 Å². The third kappa shape index (κ3) is 2.46. The maximum Gasteiger partial charge on any atom is 0.264 e. The van der Waals surface area contributed by atoms with Gasteiger partial charge in [0.25, 0.3) is 5.91 Å². The minimum Gasteiger partial charge on any atom is -0.384 e. The van der Waals surface area contributed by atoms with E-state index in [0.29, 0.717) is 18.0 Å². The highest BCUT2D eigenvalue weighted by Gasteiger charge is 2.23. The molecule has 0 saturated carbocycles. The number of hydrogen-bond donors (Lipinski definition) is 1. The molecule has 0 radical (unpaired) electrons. The van der Waals surface area contributed by atoms with Gasteiger partial charge in [0.15, 0.2) is 0 Å². The molecule has 3 heterocycles. The number of aliphatic hydroxyl groups excluding tert-OH is 1. The quantitative estimate of drug-likeness (QED) is 0.794. The molecule has 0 bridgehead atoms. The standard InChI is InChI=1S/C14H13N3O2S/c18-9-1-2-11-3-4-12(20-11)14(19)17-8-7-16-6-5-15-13(16)10-17/h3-6,18H,7-10H2. The Hall–Kier alpha value is -2.10. The molecular weight excluding hydrogens is 274 g/mol. The maximum absolute atomic E-state index is 12.4. The van der Waals surface area contributed by atoms with Crippen molar-refractivity contribution in [2.75, 3.05) is 13.2 Å². The SMILES string of the molecule is O=C(c1ccc(C#CCO)s1)N1CCn2ccnc2C1. The molecule has 0 aromatic carbocycles. The molecule has 3 rings (SSSR count). The van der Waals surface area contributed by atoms with Crippen LogP contribution in [-0.4, -0.2) is 38.6 Å². The van der Waals surface area contributed by atoms with E-state index >= 15 is 0 Å². The van der Waals surface area contributed by atoms with Crippen molar-refractivity contribution in [2.45, 2.75) is 13.1 Å². The van der Waals surface area contributed by atoms with Gasteiger partial charge in [-0.1, -0.05) is 11.8 Å². The van der Waals surface area contributed by atoms with Crippen molar-refractivity contribution in [3.05, 3.63) is 40.1 Å². The number of carbonyl (C=O) groups is 1. The van der Waals surface area contributed by atoms with Crippen LogP contribution in [0.2, 0.25) is 0 Å². The fourth-order valence-electron chi connectivity index (χ4n) is 2.15. The Morgan fingerprint density at radius 3 is 3.20 bits per heavy atom. The Kier molecular flexibility index (Phi) is 3.54. The third-order valence-electron chi connectivity index (χ3n) is 3.14. The van der Waals surface area contributed by atoms with Crippen LogP contribution in [0.1, 0.15) is 20.4 Å². The average molecular weight is 287 g/mol. The van der Waals surface area contributed by atoms with Gasteiger partial charge in [-0.15, -0.1) is 11.3 Å². The van der Waals surface area contributed by atoms with E-state index in [2.05, 4.69) is 21.4 Å². The van der Waals surface area contributed by atoms with E-state index in [1.54, 1.807) is 17.2 Å². The molecule has 6 heteroatoms. The van der Waals surface area contributed by atoms with Crippen LogP contribution in [0.3, 0.4) is 0 Å². The number of aliphatic hydroxyl groups is 1. The van der Waals surface area contributed by atoms with Gasteiger partial charge in [0.05, 0.1) is 16.3 Å².